The van der Waals surface area contributed by atoms with E-state index in [1.165, 1.54) is 0 Å². The van der Waals surface area contributed by atoms with E-state index in [0.29, 0.717) is 0 Å². The van der Waals surface area contributed by atoms with Gasteiger partial charge in [0, 0.05) is 0 Å². The number of allylic oxidation sites excluding steroid dienone is 1. The molecule has 14 heavy (non-hydrogen) atoms. The van der Waals surface area contributed by atoms with Gasteiger partial charge in [-0.3, -0.25) is 4.18 Å². The van der Waals surface area contributed by atoms with Crippen LogP contribution in [0.15, 0.2) is 11.5 Å². The van der Waals surface area contributed by atoms with Crippen molar-refractivity contribution in [2.75, 3.05) is 6.61 Å². The van der Waals surface area contributed by atoms with Crippen LogP contribution in [0.3, 0.4) is 0 Å². The summed E-state index contributed by atoms with van der Waals surface area (Å²) in [6, 6.07) is 0. The highest BCUT2D eigenvalue weighted by molar-refractivity contribution is 7.89. The molecule has 0 saturated carbocycles. The average Bonchev–Trinajstić information content (AvgIpc) is 2.15. The molecule has 4 heteroatoms. The molecule has 0 aliphatic rings. The van der Waals surface area contributed by atoms with Gasteiger partial charge in [-0.15, -0.1) is 6.42 Å². The quantitative estimate of drug-likeness (QED) is 0.371. The van der Waals surface area contributed by atoms with Crippen LogP contribution in [0.1, 0.15) is 32.6 Å². The fourth-order valence-corrected chi connectivity index (χ4v) is 1.54. The molecule has 0 saturated heterocycles. The van der Waals surface area contributed by atoms with Crippen LogP contribution in [0.4, 0.5) is 0 Å². The third kappa shape index (κ3) is 7.84. The van der Waals surface area contributed by atoms with E-state index in [2.05, 4.69) is 17.0 Å². The van der Waals surface area contributed by atoms with Crippen LogP contribution in [0, 0.1) is 12.3 Å². The number of terminal acetylenes is 1. The predicted molar refractivity (Wildman–Crippen MR) is 57.0 cm³/mol. The summed E-state index contributed by atoms with van der Waals surface area (Å²) in [5.41, 5.74) is 0. The average molecular weight is 216 g/mol. The highest BCUT2D eigenvalue weighted by Crippen LogP contribution is 2.02. The van der Waals surface area contributed by atoms with Crippen LogP contribution in [0.5, 0.6) is 0 Å². The molecular weight excluding hydrogens is 200 g/mol. The molecule has 0 aromatic heterocycles. The van der Waals surface area contributed by atoms with Crippen molar-refractivity contribution in [3.63, 3.8) is 0 Å². The molecule has 0 atom stereocenters. The van der Waals surface area contributed by atoms with E-state index in [9.17, 15) is 8.42 Å². The molecular formula is C10H16O3S. The fraction of sp³-hybridized carbons (Fsp3) is 0.600. The third-order valence-electron chi connectivity index (χ3n) is 1.54. The van der Waals surface area contributed by atoms with Crippen molar-refractivity contribution in [1.82, 2.24) is 0 Å². The van der Waals surface area contributed by atoms with Crippen LogP contribution in [0.25, 0.3) is 0 Å². The second kappa shape index (κ2) is 7.60. The maximum absolute atomic E-state index is 11.0. The molecule has 0 spiro atoms. The van der Waals surface area contributed by atoms with Crippen LogP contribution in [-0.4, -0.2) is 15.0 Å². The second-order valence-corrected chi connectivity index (χ2v) is 4.32. The van der Waals surface area contributed by atoms with Crippen molar-refractivity contribution in [2.45, 2.75) is 32.6 Å². The minimum absolute atomic E-state index is 0.207. The zero-order chi connectivity index (χ0) is 10.9. The number of hydrogen-bond acceptors (Lipinski definition) is 3. The summed E-state index contributed by atoms with van der Waals surface area (Å²) in [5.74, 6) is 2.10. The lowest BCUT2D eigenvalue weighted by atomic mass is 10.2. The Morgan fingerprint density at radius 3 is 2.71 bits per heavy atom. The minimum Gasteiger partial charge on any atom is -0.254 e. The lowest BCUT2D eigenvalue weighted by Gasteiger charge is -1.95. The van der Waals surface area contributed by atoms with Crippen molar-refractivity contribution in [2.24, 2.45) is 0 Å². The van der Waals surface area contributed by atoms with Gasteiger partial charge < -0.3 is 0 Å². The van der Waals surface area contributed by atoms with Gasteiger partial charge in [0.15, 0.2) is 0 Å². The van der Waals surface area contributed by atoms with E-state index in [1.807, 2.05) is 0 Å². The SMILES string of the molecule is C#CCOS(=O)(=O)/C=C/CCCCC. The first-order valence-corrected chi connectivity index (χ1v) is 6.09. The summed E-state index contributed by atoms with van der Waals surface area (Å²) >= 11 is 0. The summed E-state index contributed by atoms with van der Waals surface area (Å²) in [4.78, 5) is 0. The lowest BCUT2D eigenvalue weighted by Crippen LogP contribution is -2.01. The van der Waals surface area contributed by atoms with Gasteiger partial charge in [0.25, 0.3) is 10.1 Å². The predicted octanol–water partition coefficient (Wildman–Crippen LogP) is 2.06. The first-order chi connectivity index (χ1) is 6.62. The Balaban J connectivity index is 3.80. The van der Waals surface area contributed by atoms with Crippen LogP contribution >= 0.6 is 0 Å². The smallest absolute Gasteiger partial charge is 0.254 e. The molecule has 0 aromatic carbocycles. The standard InChI is InChI=1S/C10H16O3S/c1-3-5-6-7-8-10-14(11,12)13-9-4-2/h2,8,10H,3,5-7,9H2,1H3/b10-8+. The Morgan fingerprint density at radius 1 is 1.43 bits per heavy atom. The largest absolute Gasteiger partial charge is 0.290 e. The van der Waals surface area contributed by atoms with Crippen molar-refractivity contribution in [3.8, 4) is 12.3 Å². The van der Waals surface area contributed by atoms with Crippen molar-refractivity contribution in [1.29, 1.82) is 0 Å². The van der Waals surface area contributed by atoms with E-state index >= 15 is 0 Å². The van der Waals surface area contributed by atoms with Crippen LogP contribution < -0.4 is 0 Å². The van der Waals surface area contributed by atoms with Crippen LogP contribution in [0.2, 0.25) is 0 Å². The molecule has 0 rings (SSSR count). The number of unbranched alkanes of at least 4 members (excludes halogenated alkanes) is 3. The Bertz CT molecular complexity index is 296. The molecule has 0 bridgehead atoms. The Hall–Kier alpha value is -0.790. The van der Waals surface area contributed by atoms with Gasteiger partial charge in [-0.2, -0.15) is 8.42 Å². The van der Waals surface area contributed by atoms with Crippen LogP contribution in [-0.2, 0) is 14.3 Å². The summed E-state index contributed by atoms with van der Waals surface area (Å²) in [7, 11) is -3.55. The molecule has 0 amide bonds. The highest BCUT2D eigenvalue weighted by Gasteiger charge is 2.02. The maximum Gasteiger partial charge on any atom is 0.290 e. The first-order valence-electron chi connectivity index (χ1n) is 4.62. The van der Waals surface area contributed by atoms with Gasteiger partial charge in [-0.25, -0.2) is 0 Å². The molecule has 0 unspecified atom stereocenters. The minimum atomic E-state index is -3.55. The maximum atomic E-state index is 11.0. The van der Waals surface area contributed by atoms with E-state index in [4.69, 9.17) is 6.42 Å². The third-order valence-corrected chi connectivity index (χ3v) is 2.52. The van der Waals surface area contributed by atoms with E-state index in [0.717, 1.165) is 31.1 Å². The van der Waals surface area contributed by atoms with Crippen molar-refractivity contribution < 1.29 is 12.6 Å². The van der Waals surface area contributed by atoms with Crippen molar-refractivity contribution in [3.05, 3.63) is 11.5 Å². The lowest BCUT2D eigenvalue weighted by molar-refractivity contribution is 0.370. The van der Waals surface area contributed by atoms with E-state index < -0.39 is 10.1 Å². The zero-order valence-corrected chi connectivity index (χ0v) is 9.22. The van der Waals surface area contributed by atoms with Gasteiger partial charge in [0.2, 0.25) is 0 Å². The summed E-state index contributed by atoms with van der Waals surface area (Å²) in [6.45, 7) is 1.89. The second-order valence-electron chi connectivity index (χ2n) is 2.83. The van der Waals surface area contributed by atoms with E-state index in [1.54, 1.807) is 6.08 Å². The molecule has 0 N–H and O–H groups in total. The van der Waals surface area contributed by atoms with Crippen molar-refractivity contribution >= 4 is 10.1 Å². The topological polar surface area (TPSA) is 43.4 Å². The highest BCUT2D eigenvalue weighted by atomic mass is 32.2. The van der Waals surface area contributed by atoms with Gasteiger partial charge in [0.1, 0.15) is 6.61 Å². The molecule has 0 aliphatic carbocycles. The monoisotopic (exact) mass is 216 g/mol. The van der Waals surface area contributed by atoms with Gasteiger partial charge in [-0.05, 0) is 12.8 Å². The summed E-state index contributed by atoms with van der Waals surface area (Å²) in [5, 5.41) is 1.07. The molecule has 0 aliphatic heterocycles. The Kier molecular flexibility index (Phi) is 7.17. The number of hydrogen-bond donors (Lipinski definition) is 0. The van der Waals surface area contributed by atoms with Gasteiger partial charge in [0.05, 0.1) is 5.41 Å². The number of rotatable bonds is 7. The Morgan fingerprint density at radius 2 is 2.14 bits per heavy atom. The summed E-state index contributed by atoms with van der Waals surface area (Å²) in [6.07, 6.45) is 10.4. The molecule has 0 radical (unpaired) electrons. The molecule has 0 fully saturated rings. The fourth-order valence-electron chi connectivity index (χ4n) is 0.854. The van der Waals surface area contributed by atoms with Gasteiger partial charge >= 0.3 is 0 Å². The molecule has 0 aromatic rings. The Labute approximate surface area is 86.3 Å². The molecule has 3 nitrogen and oxygen atoms in total. The zero-order valence-electron chi connectivity index (χ0n) is 8.40. The molecule has 80 valence electrons. The normalized spacial score (nSPS) is 11.7. The summed E-state index contributed by atoms with van der Waals surface area (Å²) < 4.78 is 26.5. The van der Waals surface area contributed by atoms with Gasteiger partial charge in [-0.1, -0.05) is 31.8 Å². The van der Waals surface area contributed by atoms with E-state index in [-0.39, 0.29) is 6.61 Å². The first kappa shape index (κ1) is 13.2. The molecule has 0 heterocycles.